The molecule has 0 unspecified atom stereocenters. The van der Waals surface area contributed by atoms with E-state index in [-0.39, 0.29) is 44.5 Å². The first kappa shape index (κ1) is 20.4. The van der Waals surface area contributed by atoms with E-state index in [9.17, 15) is 4.79 Å². The molecule has 0 aliphatic rings. The molecule has 0 fully saturated rings. The fraction of sp³-hybridized carbons (Fsp3) is 0.222. The summed E-state index contributed by atoms with van der Waals surface area (Å²) in [7, 11) is 0. The molecule has 0 aliphatic carbocycles. The van der Waals surface area contributed by atoms with Crippen molar-refractivity contribution in [1.82, 2.24) is 0 Å². The van der Waals surface area contributed by atoms with Crippen molar-refractivity contribution >= 4 is 19.5 Å². The normalized spacial score (nSPS) is 7.07. The number of benzene rings is 1. The summed E-state index contributed by atoms with van der Waals surface area (Å²) in [6.07, 6.45) is 0. The Morgan fingerprint density at radius 2 is 1.79 bits per heavy atom. The number of hydrogen-bond acceptors (Lipinski definition) is 2. The zero-order chi connectivity index (χ0) is 9.40. The molecule has 70 valence electrons. The molecule has 0 heterocycles. The van der Waals surface area contributed by atoms with E-state index in [0.717, 1.165) is 26.1 Å². The molecule has 0 aromatic heterocycles. The van der Waals surface area contributed by atoms with Crippen molar-refractivity contribution in [2.45, 2.75) is 10.9 Å². The van der Waals surface area contributed by atoms with Gasteiger partial charge in [-0.1, -0.05) is 18.2 Å². The van der Waals surface area contributed by atoms with Crippen molar-refractivity contribution in [2.24, 2.45) is 0 Å². The molecule has 1 aromatic carbocycles. The van der Waals surface area contributed by atoms with Crippen LogP contribution in [0.1, 0.15) is 18.7 Å². The fourth-order valence-electron chi connectivity index (χ4n) is 0.581. The number of rotatable bonds is 1. The van der Waals surface area contributed by atoms with Gasteiger partial charge in [0.1, 0.15) is 0 Å². The third kappa shape index (κ3) is 11.1. The van der Waals surface area contributed by atoms with Crippen molar-refractivity contribution in [2.75, 3.05) is 0 Å². The van der Waals surface area contributed by atoms with E-state index in [1.807, 2.05) is 0 Å². The molecule has 0 radical (unpaired) electrons. The molecule has 5 heteroatoms. The van der Waals surface area contributed by atoms with Gasteiger partial charge in [0.2, 0.25) is 0 Å². The third-order valence-electron chi connectivity index (χ3n) is 1.02. The Labute approximate surface area is 132 Å². The largest absolute Gasteiger partial charge is 1.00 e. The van der Waals surface area contributed by atoms with Crippen molar-refractivity contribution in [3.8, 4) is 0 Å². The van der Waals surface area contributed by atoms with Crippen molar-refractivity contribution in [3.05, 3.63) is 35.9 Å². The Hall–Kier alpha value is 0.975. The SMILES string of the molecule is C[CH2][Hg+].O=C(O)c1ccccc1.[H-].[Na+].[SH-]. The topological polar surface area (TPSA) is 37.3 Å². The van der Waals surface area contributed by atoms with E-state index < -0.39 is 5.97 Å². The Morgan fingerprint density at radius 1 is 1.43 bits per heavy atom. The number of aromatic carboxylic acids is 1. The summed E-state index contributed by atoms with van der Waals surface area (Å²) >= 11 is 1.07. The van der Waals surface area contributed by atoms with Crippen LogP contribution in [0.5, 0.6) is 0 Å². The summed E-state index contributed by atoms with van der Waals surface area (Å²) in [5, 5.41) is 8.38. The molecule has 0 saturated carbocycles. The maximum absolute atomic E-state index is 10.2. The fourth-order valence-corrected chi connectivity index (χ4v) is 0.581. The molecule has 0 atom stereocenters. The van der Waals surface area contributed by atoms with Gasteiger partial charge >= 0.3 is 72.5 Å². The Kier molecular flexibility index (Phi) is 20.4. The van der Waals surface area contributed by atoms with Crippen LogP contribution in [0.25, 0.3) is 0 Å². The first-order chi connectivity index (χ1) is 5.72. The van der Waals surface area contributed by atoms with Crippen molar-refractivity contribution in [1.29, 1.82) is 0 Å². The van der Waals surface area contributed by atoms with E-state index in [1.165, 1.54) is 3.93 Å². The van der Waals surface area contributed by atoms with Gasteiger partial charge in [-0.05, 0) is 12.1 Å². The van der Waals surface area contributed by atoms with Gasteiger partial charge < -0.3 is 20.0 Å². The van der Waals surface area contributed by atoms with Crippen LogP contribution in [0.2, 0.25) is 3.93 Å². The minimum atomic E-state index is -0.879. The molecule has 0 aliphatic heterocycles. The monoisotopic (exact) mass is 410 g/mol. The number of carboxylic acids is 1. The van der Waals surface area contributed by atoms with E-state index in [2.05, 4.69) is 6.92 Å². The molecule has 2 nitrogen and oxygen atoms in total. The van der Waals surface area contributed by atoms with Gasteiger partial charge in [-0.25, -0.2) is 4.79 Å². The van der Waals surface area contributed by atoms with E-state index >= 15 is 0 Å². The van der Waals surface area contributed by atoms with Gasteiger partial charge in [-0.3, -0.25) is 0 Å². The van der Waals surface area contributed by atoms with Crippen LogP contribution < -0.4 is 29.6 Å². The minimum Gasteiger partial charge on any atom is -1.00 e. The van der Waals surface area contributed by atoms with Crippen LogP contribution in [0, 0.1) is 0 Å². The predicted octanol–water partition coefficient (Wildman–Crippen LogP) is -0.797. The molecule has 1 N–H and O–H groups in total. The maximum Gasteiger partial charge on any atom is 1.00 e. The van der Waals surface area contributed by atoms with Crippen molar-refractivity contribution in [3.63, 3.8) is 0 Å². The van der Waals surface area contributed by atoms with E-state index in [0.29, 0.717) is 5.56 Å². The smallest absolute Gasteiger partial charge is 1.00 e. The second-order valence-electron chi connectivity index (χ2n) is 2.17. The van der Waals surface area contributed by atoms with Gasteiger partial charge in [0.15, 0.2) is 0 Å². The molecule has 0 spiro atoms. The minimum absolute atomic E-state index is 0. The van der Waals surface area contributed by atoms with Gasteiger partial charge in [-0.15, -0.1) is 0 Å². The van der Waals surface area contributed by atoms with Crippen LogP contribution >= 0.6 is 0 Å². The summed E-state index contributed by atoms with van der Waals surface area (Å²) in [6.45, 7) is 2.21. The molecule has 1 rings (SSSR count). The average Bonchev–Trinajstić information content (AvgIpc) is 2.07. The molecule has 1 aromatic rings. The predicted molar refractivity (Wildman–Crippen MR) is 53.8 cm³/mol. The van der Waals surface area contributed by atoms with Crippen LogP contribution in [0.4, 0.5) is 0 Å². The standard InChI is InChI=1S/C7H6O2.C2H5.Hg.Na.H2S.H/c8-7(9)6-4-2-1-3-5-6;1-2;;;;/h1-5H,(H,8,9);1H2,2H3;;;1H2;/q;;2*+1;;-1/p-1. The Bertz CT molecular complexity index is 237. The zero-order valence-corrected chi connectivity index (χ0v) is 17.0. The maximum atomic E-state index is 10.2. The van der Waals surface area contributed by atoms with Gasteiger partial charge in [-0.2, -0.15) is 0 Å². The third-order valence-corrected chi connectivity index (χ3v) is 1.02. The zero-order valence-electron chi connectivity index (χ0n) is 9.60. The number of thiol groups is 1. The molecule has 0 saturated heterocycles. The van der Waals surface area contributed by atoms with Crippen LogP contribution in [0.3, 0.4) is 0 Å². The van der Waals surface area contributed by atoms with Gasteiger partial charge in [0, 0.05) is 0 Å². The quantitative estimate of drug-likeness (QED) is 0.376. The molecule has 0 amide bonds. The Morgan fingerprint density at radius 3 is 2.00 bits per heavy atom. The number of carboxylic acid groups (broad SMARTS) is 1. The number of hydrogen-bond donors (Lipinski definition) is 1. The second kappa shape index (κ2) is 14.0. The van der Waals surface area contributed by atoms with E-state index in [1.54, 1.807) is 30.3 Å². The molecular weight excluding hydrogens is 396 g/mol. The van der Waals surface area contributed by atoms with Gasteiger partial charge in [0.25, 0.3) is 0 Å². The summed E-state index contributed by atoms with van der Waals surface area (Å²) < 4.78 is 1.44. The molecule has 14 heavy (non-hydrogen) atoms. The second-order valence-corrected chi connectivity index (χ2v) is 6.06. The molecule has 0 bridgehead atoms. The van der Waals surface area contributed by atoms with Crippen molar-refractivity contribution < 1.29 is 67.0 Å². The first-order valence-corrected chi connectivity index (χ1v) is 7.68. The summed E-state index contributed by atoms with van der Waals surface area (Å²) in [5.41, 5.74) is 0.331. The summed E-state index contributed by atoms with van der Waals surface area (Å²) in [4.78, 5) is 10.2. The van der Waals surface area contributed by atoms with Gasteiger partial charge in [0.05, 0.1) is 5.56 Å². The van der Waals surface area contributed by atoms with Crippen LogP contribution in [0.15, 0.2) is 30.3 Å². The first-order valence-electron chi connectivity index (χ1n) is 3.80. The Balaban J connectivity index is -0.0000000917. The average molecular weight is 409 g/mol. The summed E-state index contributed by atoms with van der Waals surface area (Å²) in [6, 6.07) is 8.30. The molecular formula is C9H13HgNaO2S. The number of carbonyl (C=O) groups is 1. The van der Waals surface area contributed by atoms with Crippen LogP contribution in [-0.2, 0) is 39.6 Å². The van der Waals surface area contributed by atoms with E-state index in [4.69, 9.17) is 5.11 Å². The van der Waals surface area contributed by atoms with Crippen LogP contribution in [-0.4, -0.2) is 11.1 Å². The summed E-state index contributed by atoms with van der Waals surface area (Å²) in [5.74, 6) is -0.879.